The highest BCUT2D eigenvalue weighted by atomic mass is 16.5. The van der Waals surface area contributed by atoms with Crippen LogP contribution in [0, 0.1) is 23.7 Å². The van der Waals surface area contributed by atoms with E-state index in [-0.39, 0.29) is 11.4 Å². The molecule has 0 aliphatic heterocycles. The number of methoxy groups -OCH3 is 1. The van der Waals surface area contributed by atoms with E-state index in [1.807, 2.05) is 32.0 Å². The summed E-state index contributed by atoms with van der Waals surface area (Å²) in [5, 5.41) is 11.4. The summed E-state index contributed by atoms with van der Waals surface area (Å²) in [5.41, 5.74) is 4.53. The molecule has 8 nitrogen and oxygen atoms in total. The molecule has 0 saturated heterocycles. The zero-order chi connectivity index (χ0) is 29.9. The van der Waals surface area contributed by atoms with Crippen LogP contribution in [0.5, 0.6) is 0 Å². The standard InChI is InChI=1S/C31H40N6O2.C2H2/c1-30(2,31(3,4)29(38)39-5)20-33-16-15-32-18-23-11-13-24(14-12-23)26-17-25-27(35-21-36-28(25)37-26)34-19-22-9-7-6-8-10-22;1-2/h6-14,17,21,32-33H,15-16,18-20H2,1-5H3,(H2,34,35,36,37);1-2H. The number of carbonyl (C=O) groups excluding carboxylic acids is 1. The molecule has 0 aliphatic rings. The van der Waals surface area contributed by atoms with Gasteiger partial charge in [-0.15, -0.1) is 12.8 Å². The fourth-order valence-electron chi connectivity index (χ4n) is 4.38. The van der Waals surface area contributed by atoms with Crippen molar-refractivity contribution in [2.75, 3.05) is 32.1 Å². The number of aromatic amines is 1. The van der Waals surface area contributed by atoms with E-state index in [2.05, 4.69) is 100 Å². The number of anilines is 1. The van der Waals surface area contributed by atoms with Crippen LogP contribution in [0.2, 0.25) is 0 Å². The SMILES string of the molecule is C#C.COC(=O)C(C)(C)C(C)(C)CNCCNCc1ccc(-c2cc3c(NCc4ccccc4)ncnc3[nH]2)cc1. The van der Waals surface area contributed by atoms with Gasteiger partial charge in [-0.2, -0.15) is 0 Å². The lowest BCUT2D eigenvalue weighted by Gasteiger charge is -2.39. The Morgan fingerprint density at radius 1 is 0.902 bits per heavy atom. The van der Waals surface area contributed by atoms with Crippen LogP contribution >= 0.6 is 0 Å². The largest absolute Gasteiger partial charge is 0.469 e. The van der Waals surface area contributed by atoms with Crippen LogP contribution in [0.1, 0.15) is 38.8 Å². The fourth-order valence-corrected chi connectivity index (χ4v) is 4.38. The third-order valence-electron chi connectivity index (χ3n) is 7.76. The van der Waals surface area contributed by atoms with Gasteiger partial charge in [-0.3, -0.25) is 4.79 Å². The summed E-state index contributed by atoms with van der Waals surface area (Å²) in [6.45, 7) is 11.9. The van der Waals surface area contributed by atoms with Crippen molar-refractivity contribution in [3.05, 3.63) is 78.1 Å². The number of rotatable bonds is 13. The molecule has 4 N–H and O–H groups in total. The molecule has 2 aromatic carbocycles. The van der Waals surface area contributed by atoms with Gasteiger partial charge in [0.2, 0.25) is 0 Å². The van der Waals surface area contributed by atoms with Crippen LogP contribution in [0.3, 0.4) is 0 Å². The highest BCUT2D eigenvalue weighted by Crippen LogP contribution is 2.38. The summed E-state index contributed by atoms with van der Waals surface area (Å²) in [6, 6.07) is 20.9. The maximum atomic E-state index is 12.1. The Morgan fingerprint density at radius 3 is 2.24 bits per heavy atom. The van der Waals surface area contributed by atoms with Gasteiger partial charge in [0.15, 0.2) is 0 Å². The molecule has 4 rings (SSSR count). The smallest absolute Gasteiger partial charge is 0.311 e. The second kappa shape index (κ2) is 14.4. The van der Waals surface area contributed by atoms with Gasteiger partial charge in [-0.1, -0.05) is 68.4 Å². The summed E-state index contributed by atoms with van der Waals surface area (Å²) >= 11 is 0. The lowest BCUT2D eigenvalue weighted by atomic mass is 9.68. The number of carbonyl (C=O) groups is 1. The van der Waals surface area contributed by atoms with Crippen molar-refractivity contribution >= 4 is 22.8 Å². The Kier molecular flexibility index (Phi) is 11.0. The Hall–Kier alpha value is -4.19. The normalized spacial score (nSPS) is 11.5. The maximum absolute atomic E-state index is 12.1. The fraction of sp³-hybridized carbons (Fsp3) is 0.364. The van der Waals surface area contributed by atoms with Crippen molar-refractivity contribution < 1.29 is 9.53 Å². The first kappa shape index (κ1) is 31.3. The number of nitrogens with zero attached hydrogens (tertiary/aromatic N) is 2. The van der Waals surface area contributed by atoms with Gasteiger partial charge in [0.1, 0.15) is 17.8 Å². The first-order valence-electron chi connectivity index (χ1n) is 13.8. The number of esters is 1. The maximum Gasteiger partial charge on any atom is 0.311 e. The summed E-state index contributed by atoms with van der Waals surface area (Å²) in [4.78, 5) is 24.5. The number of fused-ring (bicyclic) bond motifs is 1. The van der Waals surface area contributed by atoms with Crippen molar-refractivity contribution in [1.29, 1.82) is 0 Å². The molecule has 0 radical (unpaired) electrons. The Labute approximate surface area is 243 Å². The average Bonchev–Trinajstić information content (AvgIpc) is 3.44. The molecule has 8 heteroatoms. The van der Waals surface area contributed by atoms with Gasteiger partial charge in [0, 0.05) is 38.4 Å². The summed E-state index contributed by atoms with van der Waals surface area (Å²) in [6.07, 6.45) is 9.58. The van der Waals surface area contributed by atoms with Gasteiger partial charge >= 0.3 is 5.97 Å². The Balaban J connectivity index is 0.00000226. The van der Waals surface area contributed by atoms with Gasteiger partial charge in [0.25, 0.3) is 0 Å². The first-order chi connectivity index (χ1) is 19.7. The van der Waals surface area contributed by atoms with E-state index in [1.165, 1.54) is 18.2 Å². The molecule has 0 fully saturated rings. The highest BCUT2D eigenvalue weighted by molar-refractivity contribution is 5.91. The summed E-state index contributed by atoms with van der Waals surface area (Å²) in [7, 11) is 1.44. The van der Waals surface area contributed by atoms with E-state index in [1.54, 1.807) is 6.33 Å². The molecular formula is C33H42N6O2. The number of aromatic nitrogens is 3. The van der Waals surface area contributed by atoms with E-state index < -0.39 is 5.41 Å². The average molecular weight is 555 g/mol. The molecule has 0 bridgehead atoms. The minimum absolute atomic E-state index is 0.184. The molecule has 0 spiro atoms. The molecule has 2 aromatic heterocycles. The van der Waals surface area contributed by atoms with Crippen LogP contribution < -0.4 is 16.0 Å². The lowest BCUT2D eigenvalue weighted by molar-refractivity contribution is -0.157. The van der Waals surface area contributed by atoms with E-state index >= 15 is 0 Å². The lowest BCUT2D eigenvalue weighted by Crippen LogP contribution is -2.47. The molecule has 216 valence electrons. The topological polar surface area (TPSA) is 104 Å². The van der Waals surface area contributed by atoms with Crippen LogP contribution in [-0.2, 0) is 22.6 Å². The number of nitrogens with one attached hydrogen (secondary N) is 4. The van der Waals surface area contributed by atoms with Crippen molar-refractivity contribution in [1.82, 2.24) is 25.6 Å². The second-order valence-corrected chi connectivity index (χ2v) is 11.1. The molecule has 0 aliphatic carbocycles. The quantitative estimate of drug-likeness (QED) is 0.0998. The van der Waals surface area contributed by atoms with Crippen LogP contribution in [-0.4, -0.2) is 47.7 Å². The van der Waals surface area contributed by atoms with Crippen LogP contribution in [0.15, 0.2) is 67.0 Å². The molecule has 0 atom stereocenters. The number of H-pyrrole nitrogens is 1. The molecule has 2 heterocycles. The van der Waals surface area contributed by atoms with Crippen molar-refractivity contribution in [2.45, 2.75) is 40.8 Å². The third-order valence-corrected chi connectivity index (χ3v) is 7.76. The van der Waals surface area contributed by atoms with E-state index in [4.69, 9.17) is 4.74 Å². The predicted octanol–water partition coefficient (Wildman–Crippen LogP) is 5.39. The van der Waals surface area contributed by atoms with Gasteiger partial charge in [-0.05, 0) is 42.0 Å². The van der Waals surface area contributed by atoms with E-state index in [0.29, 0.717) is 6.54 Å². The Morgan fingerprint density at radius 2 is 1.56 bits per heavy atom. The summed E-state index contributed by atoms with van der Waals surface area (Å²) < 4.78 is 4.99. The molecule has 41 heavy (non-hydrogen) atoms. The monoisotopic (exact) mass is 554 g/mol. The molecule has 0 saturated carbocycles. The zero-order valence-electron chi connectivity index (χ0n) is 24.8. The number of benzene rings is 2. The van der Waals surface area contributed by atoms with E-state index in [0.717, 1.165) is 54.3 Å². The molecular weight excluding hydrogens is 512 g/mol. The minimum atomic E-state index is -0.568. The number of hydrogen-bond acceptors (Lipinski definition) is 7. The van der Waals surface area contributed by atoms with Crippen molar-refractivity contribution in [3.8, 4) is 24.1 Å². The van der Waals surface area contributed by atoms with Gasteiger partial charge < -0.3 is 25.7 Å². The van der Waals surface area contributed by atoms with Crippen LogP contribution in [0.4, 0.5) is 5.82 Å². The van der Waals surface area contributed by atoms with Gasteiger partial charge in [0.05, 0.1) is 17.9 Å². The number of ether oxygens (including phenoxy) is 1. The molecule has 0 unspecified atom stereocenters. The zero-order valence-corrected chi connectivity index (χ0v) is 24.8. The predicted molar refractivity (Wildman–Crippen MR) is 167 cm³/mol. The number of terminal acetylenes is 1. The van der Waals surface area contributed by atoms with E-state index in [9.17, 15) is 4.79 Å². The Bertz CT molecular complexity index is 1410. The first-order valence-corrected chi connectivity index (χ1v) is 13.8. The van der Waals surface area contributed by atoms with Crippen molar-refractivity contribution in [2.24, 2.45) is 10.8 Å². The molecule has 4 aromatic rings. The summed E-state index contributed by atoms with van der Waals surface area (Å²) in [5.74, 6) is 0.634. The van der Waals surface area contributed by atoms with Gasteiger partial charge in [-0.25, -0.2) is 9.97 Å². The third kappa shape index (κ3) is 7.94. The van der Waals surface area contributed by atoms with Crippen molar-refractivity contribution in [3.63, 3.8) is 0 Å². The minimum Gasteiger partial charge on any atom is -0.469 e. The number of hydrogen-bond donors (Lipinski definition) is 4. The van der Waals surface area contributed by atoms with Crippen LogP contribution in [0.25, 0.3) is 22.3 Å². The highest BCUT2D eigenvalue weighted by Gasteiger charge is 2.43. The molecule has 0 amide bonds. The second-order valence-electron chi connectivity index (χ2n) is 11.1.